The summed E-state index contributed by atoms with van der Waals surface area (Å²) in [6.45, 7) is 12.9. The third kappa shape index (κ3) is 14.3. The van der Waals surface area contributed by atoms with Gasteiger partial charge in [0.1, 0.15) is 17.6 Å². The molecule has 2 fully saturated rings. The van der Waals surface area contributed by atoms with E-state index >= 15 is 0 Å². The molecule has 2 saturated heterocycles. The maximum Gasteiger partial charge on any atom is 0.324 e. The Morgan fingerprint density at radius 2 is 1.90 bits per heavy atom. The first-order chi connectivity index (χ1) is 22.8. The monoisotopic (exact) mass is 705 g/mol. The van der Waals surface area contributed by atoms with E-state index in [2.05, 4.69) is 50.1 Å². The third-order valence-electron chi connectivity index (χ3n) is 9.80. The summed E-state index contributed by atoms with van der Waals surface area (Å²) in [5.74, 6) is 0.982. The van der Waals surface area contributed by atoms with Crippen LogP contribution >= 0.6 is 21.2 Å². The Balaban J connectivity index is 1.76. The number of ether oxygens (including phenoxy) is 1. The molecule has 0 radical (unpaired) electrons. The number of carbonyl (C=O) groups excluding carboxylic acids is 3. The van der Waals surface area contributed by atoms with Gasteiger partial charge in [-0.25, -0.2) is 10.4 Å². The number of nitrogens with one attached hydrogen (secondary N) is 1. The number of allylic oxidation sites excluding steroid dienone is 7. The molecule has 48 heavy (non-hydrogen) atoms. The number of carbonyl (C=O) groups is 3. The van der Waals surface area contributed by atoms with E-state index in [0.29, 0.717) is 32.3 Å². The number of hydrogen-bond acceptors (Lipinski definition) is 9. The van der Waals surface area contributed by atoms with Gasteiger partial charge in [-0.3, -0.25) is 14.4 Å². The Morgan fingerprint density at radius 3 is 2.56 bits per heavy atom. The fraction of sp³-hybridized carbons (Fsp3) is 0.711. The van der Waals surface area contributed by atoms with E-state index in [0.717, 1.165) is 63.7 Å². The molecule has 2 aliphatic rings. The molecule has 0 spiro atoms. The van der Waals surface area contributed by atoms with E-state index in [1.807, 2.05) is 31.0 Å². The number of aliphatic hydroxyl groups is 1. The van der Waals surface area contributed by atoms with E-state index in [1.165, 1.54) is 18.9 Å². The van der Waals surface area contributed by atoms with Crippen molar-refractivity contribution < 1.29 is 24.2 Å². The summed E-state index contributed by atoms with van der Waals surface area (Å²) in [4.78, 5) is 36.4. The molecule has 272 valence electrons. The predicted molar refractivity (Wildman–Crippen MR) is 204 cm³/mol. The molecular formula is C38H64N3O5PS. The Morgan fingerprint density at radius 1 is 1.17 bits per heavy atom. The van der Waals surface area contributed by atoms with Gasteiger partial charge < -0.3 is 15.6 Å². The highest BCUT2D eigenvalue weighted by Gasteiger charge is 2.50. The Bertz CT molecular complexity index is 1150. The number of rotatable bonds is 22. The van der Waals surface area contributed by atoms with Crippen molar-refractivity contribution in [3.8, 4) is 0 Å². The van der Waals surface area contributed by atoms with Gasteiger partial charge in [-0.05, 0) is 101 Å². The van der Waals surface area contributed by atoms with Crippen molar-refractivity contribution in [1.29, 1.82) is 0 Å². The van der Waals surface area contributed by atoms with Gasteiger partial charge in [0, 0.05) is 25.3 Å². The lowest BCUT2D eigenvalue weighted by molar-refractivity contribution is -0.157. The minimum atomic E-state index is -0.825. The molecule has 0 aromatic heterocycles. The Labute approximate surface area is 298 Å². The van der Waals surface area contributed by atoms with Crippen LogP contribution in [0.2, 0.25) is 0 Å². The Hall–Kier alpha value is -1.61. The smallest absolute Gasteiger partial charge is 0.324 e. The zero-order valence-electron chi connectivity index (χ0n) is 30.4. The number of Topliss-reactive ketones (excluding diaryl/α,β-unsaturated/α-hetero) is 2. The number of nitrogens with two attached hydrogens (primary N) is 1. The number of thiol groups is 1. The van der Waals surface area contributed by atoms with Gasteiger partial charge in [-0.2, -0.15) is 12.6 Å². The lowest BCUT2D eigenvalue weighted by Crippen LogP contribution is -2.76. The standard InChI is InChI=1S/C38H64N3O5PS/c1-7-23-46-37(45)33(16-13-24-48)41-26-36(40-41)38(39)30(5)19-22-32(47-38)21-17-27(2)14-11-9-8-10-12-15-28(3)34(43)25-35(44)29(4)18-20-31(6)42/h8-11,14,18,28,30,32-33,35-36,40,44,47-48H,7,12-13,15-17,19-26,39H2,1-6H3/b10-8+,11-9+,27-14+,29-18+. The minimum Gasteiger partial charge on any atom is -0.464 e. The quantitative estimate of drug-likeness (QED) is 0.0318. The van der Waals surface area contributed by atoms with Crippen LogP contribution in [0.4, 0.5) is 0 Å². The van der Waals surface area contributed by atoms with Crippen LogP contribution in [0.25, 0.3) is 0 Å². The lowest BCUT2D eigenvalue weighted by atomic mass is 9.87. The highest BCUT2D eigenvalue weighted by Crippen LogP contribution is 2.51. The van der Waals surface area contributed by atoms with Crippen molar-refractivity contribution in [3.63, 3.8) is 0 Å². The van der Waals surface area contributed by atoms with Crippen LogP contribution in [0, 0.1) is 11.8 Å². The zero-order valence-corrected chi connectivity index (χ0v) is 32.3. The van der Waals surface area contributed by atoms with Crippen LogP contribution < -0.4 is 11.2 Å². The van der Waals surface area contributed by atoms with Gasteiger partial charge in [-0.1, -0.05) is 71.4 Å². The fourth-order valence-electron chi connectivity index (χ4n) is 6.20. The summed E-state index contributed by atoms with van der Waals surface area (Å²) in [6, 6.07) is -0.108. The molecule has 2 heterocycles. The van der Waals surface area contributed by atoms with Crippen molar-refractivity contribution in [2.75, 3.05) is 18.9 Å². The number of hydrazine groups is 1. The van der Waals surface area contributed by atoms with Crippen LogP contribution in [0.5, 0.6) is 0 Å². The molecule has 0 aromatic carbocycles. The van der Waals surface area contributed by atoms with Crippen LogP contribution in [0.3, 0.4) is 0 Å². The van der Waals surface area contributed by atoms with Crippen molar-refractivity contribution in [3.05, 3.63) is 47.6 Å². The fourth-order valence-corrected chi connectivity index (χ4v) is 8.48. The molecule has 8 nitrogen and oxygen atoms in total. The molecule has 10 heteroatoms. The summed E-state index contributed by atoms with van der Waals surface area (Å²) >= 11 is 4.34. The molecule has 8 unspecified atom stereocenters. The normalized spacial score (nSPS) is 26.5. The SMILES string of the molecule is CCCOC(=O)C(CCCS)N1CC(C2(N)PC(CC/C(C)=C/C=C/C=C/CCC(C)C(=O)CC(O)/C(C)=C/CC(C)=O)CCC2C)N1. The summed E-state index contributed by atoms with van der Waals surface area (Å²) in [5.41, 5.74) is 13.4. The molecule has 0 bridgehead atoms. The summed E-state index contributed by atoms with van der Waals surface area (Å²) in [6.07, 6.45) is 20.1. The summed E-state index contributed by atoms with van der Waals surface area (Å²) in [7, 11) is 0.678. The van der Waals surface area contributed by atoms with Crippen molar-refractivity contribution in [2.45, 2.75) is 141 Å². The van der Waals surface area contributed by atoms with Crippen molar-refractivity contribution in [1.82, 2.24) is 10.4 Å². The van der Waals surface area contributed by atoms with Crippen LogP contribution in [-0.2, 0) is 19.1 Å². The maximum atomic E-state index is 12.7. The number of esters is 1. The van der Waals surface area contributed by atoms with Gasteiger partial charge >= 0.3 is 5.97 Å². The van der Waals surface area contributed by atoms with Crippen LogP contribution in [0.1, 0.15) is 112 Å². The molecule has 0 aromatic rings. The molecule has 2 rings (SSSR count). The third-order valence-corrected chi connectivity index (χ3v) is 12.4. The highest BCUT2D eigenvalue weighted by atomic mass is 32.1. The van der Waals surface area contributed by atoms with Gasteiger partial charge in [0.2, 0.25) is 0 Å². The number of hydrogen-bond donors (Lipinski definition) is 4. The average molecular weight is 706 g/mol. The molecule has 8 atom stereocenters. The number of ketones is 2. The zero-order chi connectivity index (χ0) is 35.7. The molecular weight excluding hydrogens is 641 g/mol. The van der Waals surface area contributed by atoms with Crippen molar-refractivity contribution >= 4 is 38.7 Å². The lowest BCUT2D eigenvalue weighted by Gasteiger charge is -2.56. The van der Waals surface area contributed by atoms with Gasteiger partial charge in [-0.15, -0.1) is 0 Å². The van der Waals surface area contributed by atoms with Gasteiger partial charge in [0.15, 0.2) is 0 Å². The summed E-state index contributed by atoms with van der Waals surface area (Å²) < 4.78 is 5.49. The van der Waals surface area contributed by atoms with Crippen molar-refractivity contribution in [2.24, 2.45) is 17.6 Å². The van der Waals surface area contributed by atoms with Crippen LogP contribution in [0.15, 0.2) is 47.6 Å². The van der Waals surface area contributed by atoms with E-state index in [4.69, 9.17) is 10.5 Å². The maximum absolute atomic E-state index is 12.7. The summed E-state index contributed by atoms with van der Waals surface area (Å²) in [5, 5.41) is 12.0. The molecule has 4 N–H and O–H groups in total. The predicted octanol–water partition coefficient (Wildman–Crippen LogP) is 6.84. The van der Waals surface area contributed by atoms with E-state index in [1.54, 1.807) is 13.0 Å². The molecule has 0 aliphatic carbocycles. The van der Waals surface area contributed by atoms with Crippen LogP contribution in [-0.4, -0.2) is 75.7 Å². The van der Waals surface area contributed by atoms with E-state index in [9.17, 15) is 19.5 Å². The number of aliphatic hydroxyl groups excluding tert-OH is 1. The van der Waals surface area contributed by atoms with Gasteiger partial charge in [0.25, 0.3) is 0 Å². The highest BCUT2D eigenvalue weighted by molar-refractivity contribution is 7.80. The molecule has 2 aliphatic heterocycles. The second-order valence-corrected chi connectivity index (χ2v) is 16.4. The first kappa shape index (κ1) is 42.6. The largest absolute Gasteiger partial charge is 0.464 e. The second kappa shape index (κ2) is 22.3. The average Bonchev–Trinajstić information content (AvgIpc) is 3.03. The van der Waals surface area contributed by atoms with E-state index < -0.39 is 6.10 Å². The molecule has 0 saturated carbocycles. The topological polar surface area (TPSA) is 122 Å². The molecule has 0 amide bonds. The first-order valence-electron chi connectivity index (χ1n) is 18.0. The number of nitrogens with zero attached hydrogens (tertiary/aromatic N) is 1. The van der Waals surface area contributed by atoms with Gasteiger partial charge in [0.05, 0.1) is 24.0 Å². The Kier molecular flexibility index (Phi) is 19.7. The van der Waals surface area contributed by atoms with E-state index in [-0.39, 0.29) is 53.7 Å². The minimum absolute atomic E-state index is 0.0371. The first-order valence-corrected chi connectivity index (χ1v) is 19.8. The second-order valence-electron chi connectivity index (χ2n) is 14.0.